The minimum atomic E-state index is -3.85. The molecule has 0 saturated heterocycles. The van der Waals surface area contributed by atoms with Crippen LogP contribution in [0.2, 0.25) is 10.0 Å². The van der Waals surface area contributed by atoms with Crippen LogP contribution in [0.3, 0.4) is 0 Å². The number of nitrogens with zero attached hydrogens (tertiary/aromatic N) is 2. The molecule has 8 nitrogen and oxygen atoms in total. The van der Waals surface area contributed by atoms with Crippen LogP contribution in [0.15, 0.2) is 42.5 Å². The molecule has 0 spiro atoms. The first-order valence-electron chi connectivity index (χ1n) is 11.9. The summed E-state index contributed by atoms with van der Waals surface area (Å²) in [6.45, 7) is 9.01. The molecule has 1 N–H and O–H groups in total. The summed E-state index contributed by atoms with van der Waals surface area (Å²) in [5.74, 6) is -0.365. The molecule has 0 bridgehead atoms. The molecule has 0 saturated carbocycles. The van der Waals surface area contributed by atoms with Crippen molar-refractivity contribution in [1.82, 2.24) is 10.2 Å². The average Bonchev–Trinajstić information content (AvgIpc) is 2.78. The third-order valence-electron chi connectivity index (χ3n) is 5.39. The zero-order chi connectivity index (χ0) is 28.0. The lowest BCUT2D eigenvalue weighted by Crippen LogP contribution is -2.55. The Morgan fingerprint density at radius 2 is 1.59 bits per heavy atom. The number of rotatable bonds is 11. The molecule has 0 radical (unpaired) electrons. The highest BCUT2D eigenvalue weighted by Gasteiger charge is 2.33. The zero-order valence-electron chi connectivity index (χ0n) is 22.0. The molecule has 1 atom stereocenters. The number of hydrogen-bond acceptors (Lipinski definition) is 5. The number of anilines is 1. The van der Waals surface area contributed by atoms with Gasteiger partial charge in [0.05, 0.1) is 18.6 Å². The third kappa shape index (κ3) is 8.79. The van der Waals surface area contributed by atoms with Crippen LogP contribution in [-0.2, 0) is 26.2 Å². The Kier molecular flexibility index (Phi) is 10.7. The van der Waals surface area contributed by atoms with Gasteiger partial charge in [0.1, 0.15) is 18.3 Å². The van der Waals surface area contributed by atoms with Crippen LogP contribution in [0.25, 0.3) is 0 Å². The van der Waals surface area contributed by atoms with E-state index in [4.69, 9.17) is 27.9 Å². The van der Waals surface area contributed by atoms with E-state index in [1.807, 2.05) is 27.7 Å². The van der Waals surface area contributed by atoms with Crippen molar-refractivity contribution in [2.24, 2.45) is 0 Å². The zero-order valence-corrected chi connectivity index (χ0v) is 24.4. The number of hydrogen-bond donors (Lipinski definition) is 1. The predicted molar refractivity (Wildman–Crippen MR) is 149 cm³/mol. The molecular weight excluding hydrogens is 537 g/mol. The quantitative estimate of drug-likeness (QED) is 0.414. The van der Waals surface area contributed by atoms with Crippen molar-refractivity contribution >= 4 is 50.7 Å². The van der Waals surface area contributed by atoms with E-state index in [-0.39, 0.29) is 18.9 Å². The van der Waals surface area contributed by atoms with Gasteiger partial charge in [0, 0.05) is 27.7 Å². The molecular formula is C26H35Cl2N3O5S. The minimum Gasteiger partial charge on any atom is -0.494 e. The molecule has 204 valence electrons. The maximum Gasteiger partial charge on any atom is 0.244 e. The highest BCUT2D eigenvalue weighted by molar-refractivity contribution is 7.92. The first kappa shape index (κ1) is 30.7. The molecule has 2 rings (SSSR count). The Balaban J connectivity index is 2.50. The highest BCUT2D eigenvalue weighted by Crippen LogP contribution is 2.28. The lowest BCUT2D eigenvalue weighted by atomic mass is 10.1. The second-order valence-corrected chi connectivity index (χ2v) is 12.3. The summed E-state index contributed by atoms with van der Waals surface area (Å²) in [5.41, 5.74) is 0.220. The molecule has 0 aliphatic heterocycles. The van der Waals surface area contributed by atoms with E-state index < -0.39 is 34.1 Å². The largest absolute Gasteiger partial charge is 0.494 e. The summed E-state index contributed by atoms with van der Waals surface area (Å²) in [6, 6.07) is 10.5. The van der Waals surface area contributed by atoms with Crippen LogP contribution in [0.5, 0.6) is 5.75 Å². The van der Waals surface area contributed by atoms with E-state index >= 15 is 0 Å². The SMILES string of the molecule is CCOc1ccc(N(CC(=O)N(Cc2c(Cl)cccc2Cl)[C@@H](CC)C(=O)NC(C)(C)C)S(C)(=O)=O)cc1. The Bertz CT molecular complexity index is 1180. The fourth-order valence-corrected chi connectivity index (χ4v) is 5.08. The summed E-state index contributed by atoms with van der Waals surface area (Å²) in [4.78, 5) is 28.3. The number of carbonyl (C=O) groups excluding carboxylic acids is 2. The van der Waals surface area contributed by atoms with Gasteiger partial charge in [0.25, 0.3) is 0 Å². The third-order valence-corrected chi connectivity index (χ3v) is 7.24. The summed E-state index contributed by atoms with van der Waals surface area (Å²) < 4.78 is 31.9. The van der Waals surface area contributed by atoms with Crippen molar-refractivity contribution in [2.75, 3.05) is 23.7 Å². The van der Waals surface area contributed by atoms with Gasteiger partial charge >= 0.3 is 0 Å². The predicted octanol–water partition coefficient (Wildman–Crippen LogP) is 4.88. The summed E-state index contributed by atoms with van der Waals surface area (Å²) >= 11 is 12.8. The molecule has 2 amide bonds. The van der Waals surface area contributed by atoms with Crippen LogP contribution < -0.4 is 14.4 Å². The number of benzene rings is 2. The number of sulfonamides is 1. The van der Waals surface area contributed by atoms with Crippen LogP contribution in [0.4, 0.5) is 5.69 Å². The highest BCUT2D eigenvalue weighted by atomic mass is 35.5. The van der Waals surface area contributed by atoms with Crippen molar-refractivity contribution < 1.29 is 22.7 Å². The standard InChI is InChI=1S/C26H35Cl2N3O5S/c1-7-23(25(33)29-26(3,4)5)30(16-20-21(27)10-9-11-22(20)28)24(32)17-31(37(6,34)35)18-12-14-19(15-13-18)36-8-2/h9-15,23H,7-8,16-17H2,1-6H3,(H,29,33)/t23-/m0/s1. The lowest BCUT2D eigenvalue weighted by Gasteiger charge is -2.34. The molecule has 37 heavy (non-hydrogen) atoms. The van der Waals surface area contributed by atoms with Gasteiger partial charge in [0.15, 0.2) is 0 Å². The topological polar surface area (TPSA) is 96.0 Å². The summed E-state index contributed by atoms with van der Waals surface area (Å²) in [7, 11) is -3.85. The van der Waals surface area contributed by atoms with Crippen LogP contribution in [0, 0.1) is 0 Å². The van der Waals surface area contributed by atoms with Gasteiger partial charge in [-0.1, -0.05) is 36.2 Å². The normalized spacial score (nSPS) is 12.5. The molecule has 2 aromatic rings. The molecule has 0 aliphatic rings. The van der Waals surface area contributed by atoms with Gasteiger partial charge in [0.2, 0.25) is 21.8 Å². The van der Waals surface area contributed by atoms with E-state index in [2.05, 4.69) is 5.32 Å². The van der Waals surface area contributed by atoms with Gasteiger partial charge in [-0.25, -0.2) is 8.42 Å². The second-order valence-electron chi connectivity index (χ2n) is 9.58. The van der Waals surface area contributed by atoms with Gasteiger partial charge in [-0.05, 0) is 70.5 Å². The van der Waals surface area contributed by atoms with Crippen molar-refractivity contribution in [3.63, 3.8) is 0 Å². The van der Waals surface area contributed by atoms with Crippen LogP contribution in [0.1, 0.15) is 46.6 Å². The lowest BCUT2D eigenvalue weighted by molar-refractivity contribution is -0.141. The maximum absolute atomic E-state index is 13.8. The van der Waals surface area contributed by atoms with Crippen LogP contribution >= 0.6 is 23.2 Å². The smallest absolute Gasteiger partial charge is 0.244 e. The number of amides is 2. The second kappa shape index (κ2) is 12.8. The first-order valence-corrected chi connectivity index (χ1v) is 14.5. The molecule has 0 fully saturated rings. The fraction of sp³-hybridized carbons (Fsp3) is 0.462. The van der Waals surface area contributed by atoms with E-state index in [9.17, 15) is 18.0 Å². The molecule has 0 unspecified atom stereocenters. The molecule has 0 heterocycles. The number of ether oxygens (including phenoxy) is 1. The van der Waals surface area contributed by atoms with E-state index in [1.54, 1.807) is 49.4 Å². The Morgan fingerprint density at radius 3 is 2.05 bits per heavy atom. The fourth-order valence-electron chi connectivity index (χ4n) is 3.72. The number of halogens is 2. The maximum atomic E-state index is 13.8. The molecule has 0 aliphatic carbocycles. The van der Waals surface area contributed by atoms with Crippen molar-refractivity contribution in [3.8, 4) is 5.75 Å². The van der Waals surface area contributed by atoms with Gasteiger partial charge < -0.3 is 15.0 Å². The number of carbonyl (C=O) groups is 2. The van der Waals surface area contributed by atoms with Gasteiger partial charge in [-0.2, -0.15) is 0 Å². The van der Waals surface area contributed by atoms with E-state index in [0.29, 0.717) is 33.7 Å². The van der Waals surface area contributed by atoms with Crippen molar-refractivity contribution in [2.45, 2.75) is 59.2 Å². The van der Waals surface area contributed by atoms with E-state index in [0.717, 1.165) is 10.6 Å². The average molecular weight is 573 g/mol. The van der Waals surface area contributed by atoms with Gasteiger partial charge in [-0.15, -0.1) is 0 Å². The first-order chi connectivity index (χ1) is 17.2. The molecule has 11 heteroatoms. The summed E-state index contributed by atoms with van der Waals surface area (Å²) in [5, 5.41) is 3.58. The Morgan fingerprint density at radius 1 is 1.03 bits per heavy atom. The number of nitrogens with one attached hydrogen (secondary N) is 1. The monoisotopic (exact) mass is 571 g/mol. The Labute approximate surface area is 229 Å². The minimum absolute atomic E-state index is 0.0751. The van der Waals surface area contributed by atoms with Crippen molar-refractivity contribution in [3.05, 3.63) is 58.1 Å². The van der Waals surface area contributed by atoms with E-state index in [1.165, 1.54) is 4.90 Å². The Hall–Kier alpha value is -2.49. The molecule has 0 aromatic heterocycles. The van der Waals surface area contributed by atoms with Gasteiger partial charge in [-0.3, -0.25) is 13.9 Å². The van der Waals surface area contributed by atoms with Crippen molar-refractivity contribution in [1.29, 1.82) is 0 Å². The molecule has 2 aromatic carbocycles. The summed E-state index contributed by atoms with van der Waals surface area (Å²) in [6.07, 6.45) is 1.31. The van der Waals surface area contributed by atoms with Crippen LogP contribution in [-0.4, -0.2) is 56.1 Å².